The van der Waals surface area contributed by atoms with Gasteiger partial charge in [0, 0.05) is 30.6 Å². The third-order valence-corrected chi connectivity index (χ3v) is 11.6. The first-order valence-corrected chi connectivity index (χ1v) is 15.7. The predicted octanol–water partition coefficient (Wildman–Crippen LogP) is 7.05. The highest BCUT2D eigenvalue weighted by molar-refractivity contribution is 5.42. The highest BCUT2D eigenvalue weighted by Crippen LogP contribution is 2.68. The van der Waals surface area contributed by atoms with Crippen molar-refractivity contribution in [3.63, 3.8) is 0 Å². The molecule has 0 amide bonds. The monoisotopic (exact) mass is 534 g/mol. The van der Waals surface area contributed by atoms with Gasteiger partial charge in [-0.2, -0.15) is 0 Å². The molecule has 7 atom stereocenters. The van der Waals surface area contributed by atoms with E-state index in [0.29, 0.717) is 30.1 Å². The van der Waals surface area contributed by atoms with Crippen molar-refractivity contribution in [3.05, 3.63) is 53.6 Å². The van der Waals surface area contributed by atoms with Crippen molar-refractivity contribution in [1.82, 2.24) is 0 Å². The van der Waals surface area contributed by atoms with Crippen LogP contribution in [-0.4, -0.2) is 42.6 Å². The Balaban J connectivity index is 1.24. The SMILES string of the molecule is C=CC[C@]1(O)CCC2[C@@H]3CCC4CC5(CCC4=C3[C@@H](c3ccc(OC4CCCCO4)cc3)C[C@@]21C)OCCO5. The van der Waals surface area contributed by atoms with Crippen LogP contribution in [0.15, 0.2) is 48.1 Å². The van der Waals surface area contributed by atoms with E-state index in [1.807, 2.05) is 6.08 Å². The summed E-state index contributed by atoms with van der Waals surface area (Å²) in [6.45, 7) is 8.66. The van der Waals surface area contributed by atoms with Gasteiger partial charge in [-0.3, -0.25) is 0 Å². The zero-order chi connectivity index (χ0) is 26.7. The number of hydrogen-bond donors (Lipinski definition) is 1. The Hall–Kier alpha value is -1.66. The first kappa shape index (κ1) is 26.3. The summed E-state index contributed by atoms with van der Waals surface area (Å²) in [4.78, 5) is 0. The minimum atomic E-state index is -0.672. The Bertz CT molecular complexity index is 1100. The van der Waals surface area contributed by atoms with Crippen molar-refractivity contribution in [2.75, 3.05) is 19.8 Å². The molecule has 4 aliphatic carbocycles. The summed E-state index contributed by atoms with van der Waals surface area (Å²) in [5, 5.41) is 12.0. The van der Waals surface area contributed by atoms with Crippen LogP contribution in [0.1, 0.15) is 95.5 Å². The summed E-state index contributed by atoms with van der Waals surface area (Å²) in [5.74, 6) is 2.49. The normalized spacial score (nSPS) is 41.1. The van der Waals surface area contributed by atoms with Crippen LogP contribution in [0, 0.1) is 23.2 Å². The Kier molecular flexibility index (Phi) is 6.74. The summed E-state index contributed by atoms with van der Waals surface area (Å²) in [6.07, 6.45) is 14.2. The zero-order valence-electron chi connectivity index (χ0n) is 23.7. The molecule has 5 nitrogen and oxygen atoms in total. The second kappa shape index (κ2) is 10.0. The quantitative estimate of drug-likeness (QED) is 0.410. The van der Waals surface area contributed by atoms with Gasteiger partial charge in [-0.05, 0) is 93.2 Å². The predicted molar refractivity (Wildman–Crippen MR) is 150 cm³/mol. The van der Waals surface area contributed by atoms with Gasteiger partial charge in [0.1, 0.15) is 5.75 Å². The Labute approximate surface area is 233 Å². The lowest BCUT2D eigenvalue weighted by atomic mass is 9.50. The van der Waals surface area contributed by atoms with Gasteiger partial charge >= 0.3 is 0 Å². The Morgan fingerprint density at radius 2 is 1.82 bits per heavy atom. The summed E-state index contributed by atoms with van der Waals surface area (Å²) >= 11 is 0. The van der Waals surface area contributed by atoms with Crippen LogP contribution in [-0.2, 0) is 14.2 Å². The van der Waals surface area contributed by atoms with Gasteiger partial charge in [-0.25, -0.2) is 0 Å². The van der Waals surface area contributed by atoms with E-state index in [9.17, 15) is 5.11 Å². The van der Waals surface area contributed by atoms with Crippen molar-refractivity contribution >= 4 is 0 Å². The lowest BCUT2D eigenvalue weighted by Crippen LogP contribution is -2.52. The molecule has 0 aromatic heterocycles. The second-order valence-electron chi connectivity index (χ2n) is 13.5. The van der Waals surface area contributed by atoms with Gasteiger partial charge < -0.3 is 24.1 Å². The molecule has 1 aromatic carbocycles. The van der Waals surface area contributed by atoms with Gasteiger partial charge in [0.25, 0.3) is 0 Å². The maximum atomic E-state index is 12.0. The fourth-order valence-electron chi connectivity index (χ4n) is 9.69. The molecule has 7 rings (SSSR count). The minimum absolute atomic E-state index is 0.119. The van der Waals surface area contributed by atoms with Crippen LogP contribution < -0.4 is 4.74 Å². The molecule has 2 heterocycles. The number of aliphatic hydroxyl groups is 1. The zero-order valence-corrected chi connectivity index (χ0v) is 23.7. The molecular formula is C34H46O5. The number of allylic oxidation sites excluding steroid dienone is 2. The van der Waals surface area contributed by atoms with Crippen LogP contribution in [0.4, 0.5) is 0 Å². The molecule has 2 aliphatic heterocycles. The van der Waals surface area contributed by atoms with Crippen molar-refractivity contribution in [2.45, 2.75) is 108 Å². The molecule has 39 heavy (non-hydrogen) atoms. The Morgan fingerprint density at radius 1 is 1.00 bits per heavy atom. The average Bonchev–Trinajstić information content (AvgIpc) is 3.50. The number of ether oxygens (including phenoxy) is 4. The Morgan fingerprint density at radius 3 is 2.56 bits per heavy atom. The van der Waals surface area contributed by atoms with Gasteiger partial charge in [-0.15, -0.1) is 6.58 Å². The van der Waals surface area contributed by atoms with Crippen LogP contribution in [0.2, 0.25) is 0 Å². The molecule has 5 heteroatoms. The molecule has 1 aromatic rings. The summed E-state index contributed by atoms with van der Waals surface area (Å²) in [5.41, 5.74) is 3.97. The highest BCUT2D eigenvalue weighted by atomic mass is 16.7. The molecule has 6 aliphatic rings. The van der Waals surface area contributed by atoms with Crippen LogP contribution in [0.3, 0.4) is 0 Å². The van der Waals surface area contributed by atoms with Crippen LogP contribution in [0.5, 0.6) is 5.75 Å². The van der Waals surface area contributed by atoms with Crippen molar-refractivity contribution in [1.29, 1.82) is 0 Å². The first-order chi connectivity index (χ1) is 18.9. The van der Waals surface area contributed by atoms with Gasteiger partial charge in [0.15, 0.2) is 12.1 Å². The van der Waals surface area contributed by atoms with E-state index in [1.165, 1.54) is 18.4 Å². The van der Waals surface area contributed by atoms with Crippen molar-refractivity contribution in [3.8, 4) is 5.75 Å². The van der Waals surface area contributed by atoms with Crippen LogP contribution in [0.25, 0.3) is 0 Å². The molecule has 3 unspecified atom stereocenters. The summed E-state index contributed by atoms with van der Waals surface area (Å²) in [7, 11) is 0. The van der Waals surface area contributed by atoms with E-state index >= 15 is 0 Å². The lowest BCUT2D eigenvalue weighted by molar-refractivity contribution is -0.181. The van der Waals surface area contributed by atoms with Gasteiger partial charge in [0.05, 0.1) is 25.4 Å². The van der Waals surface area contributed by atoms with E-state index in [1.54, 1.807) is 11.1 Å². The van der Waals surface area contributed by atoms with Gasteiger partial charge in [0.2, 0.25) is 0 Å². The maximum absolute atomic E-state index is 12.0. The third-order valence-electron chi connectivity index (χ3n) is 11.6. The topological polar surface area (TPSA) is 57.2 Å². The molecule has 212 valence electrons. The van der Waals surface area contributed by atoms with Crippen molar-refractivity contribution < 1.29 is 24.1 Å². The number of hydrogen-bond acceptors (Lipinski definition) is 5. The summed E-state index contributed by atoms with van der Waals surface area (Å²) in [6, 6.07) is 8.86. The number of rotatable bonds is 5. The molecule has 1 N–H and O–H groups in total. The molecule has 0 radical (unpaired) electrons. The molecule has 0 bridgehead atoms. The van der Waals surface area contributed by atoms with E-state index in [4.69, 9.17) is 18.9 Å². The standard InChI is InChI=1S/C34H46O5/c1-3-15-33(35)16-14-29-27-12-9-24-21-34(37-19-20-38-34)17-13-26(24)31(27)28(22-32(29,33)2)23-7-10-25(11-8-23)39-30-6-4-5-18-36-30/h3,7-8,10-11,24,27-30,35H,1,4-6,9,12-22H2,2H3/t24?,27-,28+,29?,30?,32-,33-/m0/s1. The molecule has 2 saturated heterocycles. The minimum Gasteiger partial charge on any atom is -0.465 e. The largest absolute Gasteiger partial charge is 0.465 e. The smallest absolute Gasteiger partial charge is 0.199 e. The average molecular weight is 535 g/mol. The van der Waals surface area contributed by atoms with E-state index < -0.39 is 5.60 Å². The maximum Gasteiger partial charge on any atom is 0.199 e. The fraction of sp³-hybridized carbons (Fsp3) is 0.706. The number of fused-ring (bicyclic) bond motifs is 4. The molecule has 1 spiro atoms. The molecule has 3 saturated carbocycles. The van der Waals surface area contributed by atoms with Crippen molar-refractivity contribution in [2.24, 2.45) is 23.2 Å². The van der Waals surface area contributed by atoms with E-state index in [-0.39, 0.29) is 17.5 Å². The lowest BCUT2D eigenvalue weighted by Gasteiger charge is -2.56. The molecule has 5 fully saturated rings. The highest BCUT2D eigenvalue weighted by Gasteiger charge is 2.63. The summed E-state index contributed by atoms with van der Waals surface area (Å²) < 4.78 is 24.4. The van der Waals surface area contributed by atoms with E-state index in [0.717, 1.165) is 83.4 Å². The number of benzene rings is 1. The second-order valence-corrected chi connectivity index (χ2v) is 13.5. The van der Waals surface area contributed by atoms with Crippen LogP contribution >= 0.6 is 0 Å². The fourth-order valence-corrected chi connectivity index (χ4v) is 9.69. The third kappa shape index (κ3) is 4.34. The molecular weight excluding hydrogens is 488 g/mol. The van der Waals surface area contributed by atoms with Gasteiger partial charge in [-0.1, -0.05) is 36.3 Å². The first-order valence-electron chi connectivity index (χ1n) is 15.7. The van der Waals surface area contributed by atoms with E-state index in [2.05, 4.69) is 37.8 Å².